The molecule has 1 aliphatic rings. The van der Waals surface area contributed by atoms with Crippen molar-refractivity contribution in [2.24, 2.45) is 0 Å². The highest BCUT2D eigenvalue weighted by molar-refractivity contribution is 5.95. The fraction of sp³-hybridized carbons (Fsp3) is 0.350. The minimum Gasteiger partial charge on any atom is -0.406 e. The zero-order valence-corrected chi connectivity index (χ0v) is 16.7. The summed E-state index contributed by atoms with van der Waals surface area (Å²) >= 11 is 0. The molecule has 1 aromatic carbocycles. The van der Waals surface area contributed by atoms with Crippen LogP contribution in [0.25, 0.3) is 5.82 Å². The zero-order chi connectivity index (χ0) is 22.2. The largest absolute Gasteiger partial charge is 0.573 e. The van der Waals surface area contributed by atoms with E-state index in [0.717, 1.165) is 18.9 Å². The first-order chi connectivity index (χ1) is 14.7. The number of ether oxygens (including phenoxy) is 1. The van der Waals surface area contributed by atoms with E-state index in [1.165, 1.54) is 29.3 Å². The molecule has 0 spiro atoms. The predicted molar refractivity (Wildman–Crippen MR) is 103 cm³/mol. The first kappa shape index (κ1) is 20.8. The first-order valence-corrected chi connectivity index (χ1v) is 9.61. The van der Waals surface area contributed by atoms with Gasteiger partial charge in [0, 0.05) is 18.0 Å². The van der Waals surface area contributed by atoms with Gasteiger partial charge in [-0.25, -0.2) is 9.97 Å². The van der Waals surface area contributed by atoms with Gasteiger partial charge in [-0.05, 0) is 56.4 Å². The second-order valence-electron chi connectivity index (χ2n) is 7.30. The molecule has 1 saturated carbocycles. The summed E-state index contributed by atoms with van der Waals surface area (Å²) < 4.78 is 43.7. The van der Waals surface area contributed by atoms with Crippen molar-refractivity contribution >= 4 is 5.91 Å². The minimum atomic E-state index is -4.84. The molecular weight excluding hydrogens is 413 g/mol. The van der Waals surface area contributed by atoms with Crippen LogP contribution in [0.2, 0.25) is 0 Å². The van der Waals surface area contributed by atoms with Gasteiger partial charge in [-0.3, -0.25) is 9.78 Å². The van der Waals surface area contributed by atoms with Crippen molar-refractivity contribution in [3.63, 3.8) is 0 Å². The Morgan fingerprint density at radius 3 is 2.68 bits per heavy atom. The summed E-state index contributed by atoms with van der Waals surface area (Å²) in [7, 11) is 0. The Morgan fingerprint density at radius 2 is 2.03 bits per heavy atom. The van der Waals surface area contributed by atoms with Crippen molar-refractivity contribution in [3.05, 3.63) is 59.6 Å². The van der Waals surface area contributed by atoms with Crippen LogP contribution >= 0.6 is 0 Å². The number of benzene rings is 1. The molecule has 162 valence electrons. The van der Waals surface area contributed by atoms with E-state index in [4.69, 9.17) is 0 Å². The van der Waals surface area contributed by atoms with E-state index >= 15 is 0 Å². The van der Waals surface area contributed by atoms with Gasteiger partial charge < -0.3 is 10.1 Å². The molecule has 0 radical (unpaired) electrons. The van der Waals surface area contributed by atoms with Crippen molar-refractivity contribution in [1.29, 1.82) is 0 Å². The normalized spacial score (nSPS) is 14.9. The van der Waals surface area contributed by atoms with Crippen LogP contribution in [0, 0.1) is 6.92 Å². The SMILES string of the molecule is Cc1nc([C@H](C)NC(=O)c2cc(OC(F)(F)F)cc(C3CC3)c2)n(-c2cnccn2)n1. The van der Waals surface area contributed by atoms with Crippen molar-refractivity contribution in [1.82, 2.24) is 30.0 Å². The molecule has 8 nitrogen and oxygen atoms in total. The monoisotopic (exact) mass is 432 g/mol. The van der Waals surface area contributed by atoms with Gasteiger partial charge in [0.15, 0.2) is 11.6 Å². The van der Waals surface area contributed by atoms with E-state index in [1.54, 1.807) is 19.9 Å². The standard InChI is InChI=1S/C20H19F3N6O2/c1-11(18-27-12(2)28-29(18)17-10-24-5-6-25-17)26-19(30)15-7-14(13-3-4-13)8-16(9-15)31-20(21,22)23/h5-11,13H,3-4H2,1-2H3,(H,26,30)/t11-/m0/s1. The van der Waals surface area contributed by atoms with Gasteiger partial charge >= 0.3 is 6.36 Å². The molecule has 3 aromatic rings. The fourth-order valence-electron chi connectivity index (χ4n) is 3.22. The predicted octanol–water partition coefficient (Wildman–Crippen LogP) is 3.63. The molecule has 0 unspecified atom stereocenters. The highest BCUT2D eigenvalue weighted by Gasteiger charge is 2.33. The van der Waals surface area contributed by atoms with Crippen molar-refractivity contribution < 1.29 is 22.7 Å². The summed E-state index contributed by atoms with van der Waals surface area (Å²) in [5.74, 6) is 0.496. The number of aromatic nitrogens is 5. The van der Waals surface area contributed by atoms with E-state index in [9.17, 15) is 18.0 Å². The lowest BCUT2D eigenvalue weighted by Crippen LogP contribution is -2.29. The number of hydrogen-bond acceptors (Lipinski definition) is 6. The topological polar surface area (TPSA) is 94.8 Å². The van der Waals surface area contributed by atoms with Gasteiger partial charge in [-0.2, -0.15) is 4.68 Å². The number of amides is 1. The highest BCUT2D eigenvalue weighted by Crippen LogP contribution is 2.42. The molecule has 0 bridgehead atoms. The van der Waals surface area contributed by atoms with Crippen LogP contribution in [0.15, 0.2) is 36.8 Å². The average Bonchev–Trinajstić information content (AvgIpc) is 3.48. The van der Waals surface area contributed by atoms with E-state index in [0.29, 0.717) is 23.0 Å². The van der Waals surface area contributed by atoms with Crippen LogP contribution in [-0.2, 0) is 0 Å². The van der Waals surface area contributed by atoms with Gasteiger partial charge in [0.2, 0.25) is 0 Å². The summed E-state index contributed by atoms with van der Waals surface area (Å²) in [6.07, 6.45) is 1.43. The Labute approximate surface area is 175 Å². The Kier molecular flexibility index (Phi) is 5.34. The Balaban J connectivity index is 1.59. The fourth-order valence-corrected chi connectivity index (χ4v) is 3.22. The summed E-state index contributed by atoms with van der Waals surface area (Å²) in [6, 6.07) is 3.41. The molecule has 2 heterocycles. The van der Waals surface area contributed by atoms with Crippen LogP contribution in [0.3, 0.4) is 0 Å². The molecule has 0 saturated heterocycles. The summed E-state index contributed by atoms with van der Waals surface area (Å²) in [6.45, 7) is 3.40. The Morgan fingerprint density at radius 1 is 1.26 bits per heavy atom. The van der Waals surface area contributed by atoms with Crippen molar-refractivity contribution in [2.45, 2.75) is 45.0 Å². The molecule has 1 N–H and O–H groups in total. The summed E-state index contributed by atoms with van der Waals surface area (Å²) in [5, 5.41) is 7.05. The molecule has 31 heavy (non-hydrogen) atoms. The van der Waals surface area contributed by atoms with E-state index in [1.807, 2.05) is 0 Å². The Bertz CT molecular complexity index is 1100. The zero-order valence-electron chi connectivity index (χ0n) is 16.7. The Hall–Kier alpha value is -3.50. The maximum Gasteiger partial charge on any atom is 0.573 e. The van der Waals surface area contributed by atoms with Gasteiger partial charge in [-0.15, -0.1) is 18.3 Å². The second kappa shape index (κ2) is 7.97. The first-order valence-electron chi connectivity index (χ1n) is 9.61. The number of carbonyl (C=O) groups excluding carboxylic acids is 1. The van der Waals surface area contributed by atoms with Crippen LogP contribution in [0.4, 0.5) is 13.2 Å². The average molecular weight is 432 g/mol. The number of halogens is 3. The van der Waals surface area contributed by atoms with Crippen molar-refractivity contribution in [3.8, 4) is 11.6 Å². The summed E-state index contributed by atoms with van der Waals surface area (Å²) in [5.41, 5.74) is 0.732. The number of alkyl halides is 3. The minimum absolute atomic E-state index is 0.0813. The van der Waals surface area contributed by atoms with Crippen LogP contribution < -0.4 is 10.1 Å². The van der Waals surface area contributed by atoms with E-state index < -0.39 is 24.1 Å². The number of hydrogen-bond donors (Lipinski definition) is 1. The van der Waals surface area contributed by atoms with Crippen LogP contribution in [0.5, 0.6) is 5.75 Å². The maximum absolute atomic E-state index is 12.9. The third-order valence-corrected chi connectivity index (χ3v) is 4.71. The quantitative estimate of drug-likeness (QED) is 0.639. The van der Waals surface area contributed by atoms with Gasteiger partial charge in [0.25, 0.3) is 5.91 Å². The summed E-state index contributed by atoms with van der Waals surface area (Å²) in [4.78, 5) is 25.4. The molecular formula is C20H19F3N6O2. The second-order valence-corrected chi connectivity index (χ2v) is 7.30. The van der Waals surface area contributed by atoms with Gasteiger partial charge in [-0.1, -0.05) is 0 Å². The molecule has 1 amide bonds. The van der Waals surface area contributed by atoms with Crippen LogP contribution in [-0.4, -0.2) is 37.0 Å². The third-order valence-electron chi connectivity index (χ3n) is 4.71. The molecule has 4 rings (SSSR count). The molecule has 1 aliphatic carbocycles. The molecule has 2 aromatic heterocycles. The number of nitrogens with one attached hydrogen (secondary N) is 1. The van der Waals surface area contributed by atoms with Gasteiger partial charge in [0.1, 0.15) is 11.6 Å². The lowest BCUT2D eigenvalue weighted by molar-refractivity contribution is -0.274. The lowest BCUT2D eigenvalue weighted by Gasteiger charge is -2.16. The van der Waals surface area contributed by atoms with Gasteiger partial charge in [0.05, 0.1) is 12.2 Å². The number of carbonyl (C=O) groups is 1. The van der Waals surface area contributed by atoms with E-state index in [2.05, 4.69) is 30.1 Å². The lowest BCUT2D eigenvalue weighted by atomic mass is 10.1. The molecule has 1 atom stereocenters. The third kappa shape index (κ3) is 4.98. The molecule has 0 aliphatic heterocycles. The molecule has 11 heteroatoms. The van der Waals surface area contributed by atoms with Crippen LogP contribution in [0.1, 0.15) is 59.3 Å². The smallest absolute Gasteiger partial charge is 0.406 e. The number of rotatable bonds is 6. The maximum atomic E-state index is 12.9. The van der Waals surface area contributed by atoms with E-state index in [-0.39, 0.29) is 11.5 Å². The van der Waals surface area contributed by atoms with Crippen molar-refractivity contribution in [2.75, 3.05) is 0 Å². The molecule has 1 fully saturated rings. The number of nitrogens with zero attached hydrogens (tertiary/aromatic N) is 5. The highest BCUT2D eigenvalue weighted by atomic mass is 19.4. The number of aryl methyl sites for hydroxylation is 1.